The molecule has 176 valence electrons. The molecule has 4 aliphatic rings. The van der Waals surface area contributed by atoms with Gasteiger partial charge in [0.25, 0.3) is 0 Å². The van der Waals surface area contributed by atoms with E-state index in [1.165, 1.54) is 6.42 Å². The van der Waals surface area contributed by atoms with Crippen LogP contribution in [0.15, 0.2) is 40.9 Å². The van der Waals surface area contributed by atoms with Crippen LogP contribution >= 0.6 is 15.9 Å². The lowest BCUT2D eigenvalue weighted by Gasteiger charge is -2.35. The van der Waals surface area contributed by atoms with Gasteiger partial charge in [0.1, 0.15) is 11.6 Å². The minimum absolute atomic E-state index is 0.130. The Labute approximate surface area is 202 Å². The van der Waals surface area contributed by atoms with Crippen molar-refractivity contribution in [2.45, 2.75) is 75.8 Å². The van der Waals surface area contributed by atoms with Crippen molar-refractivity contribution in [2.24, 2.45) is 11.8 Å². The van der Waals surface area contributed by atoms with E-state index in [0.29, 0.717) is 5.69 Å². The van der Waals surface area contributed by atoms with Gasteiger partial charge in [0.15, 0.2) is 0 Å². The summed E-state index contributed by atoms with van der Waals surface area (Å²) < 4.78 is 7.26. The number of nitrogens with one attached hydrogen (secondary N) is 2. The molecule has 1 aromatic carbocycles. The molecule has 3 heterocycles. The minimum atomic E-state index is -1.10. The highest BCUT2D eigenvalue weighted by Crippen LogP contribution is 2.55. The second kappa shape index (κ2) is 8.55. The van der Waals surface area contributed by atoms with Crippen LogP contribution in [0.2, 0.25) is 0 Å². The number of hydrogen-bond acceptors (Lipinski definition) is 4. The highest BCUT2D eigenvalue weighted by Gasteiger charge is 2.73. The van der Waals surface area contributed by atoms with Gasteiger partial charge in [0.05, 0.1) is 17.9 Å². The van der Waals surface area contributed by atoms with Crippen LogP contribution in [-0.2, 0) is 19.1 Å². The Morgan fingerprint density at radius 2 is 1.82 bits per heavy atom. The van der Waals surface area contributed by atoms with Crippen LogP contribution in [0.1, 0.15) is 46.0 Å². The standard InChI is InChI=1S/C25H30BrN3O4/c1-14(2)29-21(23(31)28-16-6-4-3-5-7-16)25-13-12-18(33-25)19(20(25)24(29)32)22(30)27-17-10-8-15(26)9-11-17/h8-14,16,18-21H,3-7H2,1-2H3,(H,27,30)(H,28,31)/t18-,19-,20-,21+,25+/m1/s1. The molecule has 2 saturated heterocycles. The molecule has 5 rings (SSSR count). The smallest absolute Gasteiger partial charge is 0.246 e. The lowest BCUT2D eigenvalue weighted by molar-refractivity contribution is -0.143. The van der Waals surface area contributed by atoms with Crippen molar-refractivity contribution in [1.29, 1.82) is 0 Å². The second-order valence-corrected chi connectivity index (χ2v) is 10.8. The molecule has 1 saturated carbocycles. The molecular formula is C25H30BrN3O4. The van der Waals surface area contributed by atoms with Crippen molar-refractivity contribution < 1.29 is 19.1 Å². The fourth-order valence-corrected chi connectivity index (χ4v) is 6.31. The van der Waals surface area contributed by atoms with Crippen LogP contribution in [0.3, 0.4) is 0 Å². The molecule has 3 fully saturated rings. The minimum Gasteiger partial charge on any atom is -0.359 e. The van der Waals surface area contributed by atoms with E-state index in [-0.39, 0.29) is 29.8 Å². The number of nitrogens with zero attached hydrogens (tertiary/aromatic N) is 1. The summed E-state index contributed by atoms with van der Waals surface area (Å²) in [5.74, 6) is -2.02. The Morgan fingerprint density at radius 1 is 1.12 bits per heavy atom. The Kier molecular flexibility index (Phi) is 5.85. The number of carbonyl (C=O) groups is 3. The number of carbonyl (C=O) groups excluding carboxylic acids is 3. The molecule has 1 aromatic rings. The highest BCUT2D eigenvalue weighted by molar-refractivity contribution is 9.10. The predicted molar refractivity (Wildman–Crippen MR) is 127 cm³/mol. The predicted octanol–water partition coefficient (Wildman–Crippen LogP) is 3.40. The zero-order chi connectivity index (χ0) is 23.3. The number of ether oxygens (including phenoxy) is 1. The van der Waals surface area contributed by atoms with Gasteiger partial charge in [-0.3, -0.25) is 14.4 Å². The lowest BCUT2D eigenvalue weighted by Crippen LogP contribution is -2.57. The maximum atomic E-state index is 13.7. The van der Waals surface area contributed by atoms with Gasteiger partial charge in [0, 0.05) is 22.2 Å². The monoisotopic (exact) mass is 515 g/mol. The molecule has 2 N–H and O–H groups in total. The van der Waals surface area contributed by atoms with Gasteiger partial charge in [-0.05, 0) is 51.0 Å². The zero-order valence-corrected chi connectivity index (χ0v) is 20.5. The molecule has 2 bridgehead atoms. The zero-order valence-electron chi connectivity index (χ0n) is 18.9. The molecular weight excluding hydrogens is 486 g/mol. The highest BCUT2D eigenvalue weighted by atomic mass is 79.9. The molecule has 8 heteroatoms. The molecule has 3 amide bonds. The van der Waals surface area contributed by atoms with Crippen molar-refractivity contribution in [2.75, 3.05) is 5.32 Å². The van der Waals surface area contributed by atoms with Gasteiger partial charge in [-0.25, -0.2) is 0 Å². The van der Waals surface area contributed by atoms with Gasteiger partial charge in [-0.15, -0.1) is 0 Å². The van der Waals surface area contributed by atoms with Crippen molar-refractivity contribution in [3.05, 3.63) is 40.9 Å². The molecule has 3 aliphatic heterocycles. The summed E-state index contributed by atoms with van der Waals surface area (Å²) >= 11 is 3.39. The molecule has 33 heavy (non-hydrogen) atoms. The first-order valence-corrected chi connectivity index (χ1v) is 12.7. The fourth-order valence-electron chi connectivity index (χ4n) is 6.05. The first-order chi connectivity index (χ1) is 15.8. The van der Waals surface area contributed by atoms with Gasteiger partial charge in [0.2, 0.25) is 17.7 Å². The van der Waals surface area contributed by atoms with Crippen molar-refractivity contribution in [3.8, 4) is 0 Å². The second-order valence-electron chi connectivity index (χ2n) is 9.88. The molecule has 7 nitrogen and oxygen atoms in total. The first-order valence-electron chi connectivity index (χ1n) is 11.9. The van der Waals surface area contributed by atoms with Crippen LogP contribution in [0.4, 0.5) is 5.69 Å². The summed E-state index contributed by atoms with van der Waals surface area (Å²) in [6.07, 6.45) is 8.51. The van der Waals surface area contributed by atoms with E-state index in [2.05, 4.69) is 26.6 Å². The van der Waals surface area contributed by atoms with Crippen molar-refractivity contribution >= 4 is 39.3 Å². The fraction of sp³-hybridized carbons (Fsp3) is 0.560. The molecule has 1 spiro atoms. The Bertz CT molecular complexity index is 988. The Hall–Kier alpha value is -2.19. The number of halogens is 1. The third-order valence-corrected chi connectivity index (χ3v) is 8.01. The number of likely N-dealkylation sites (tertiary alicyclic amines) is 1. The topological polar surface area (TPSA) is 87.7 Å². The van der Waals surface area contributed by atoms with Gasteiger partial charge >= 0.3 is 0 Å². The summed E-state index contributed by atoms with van der Waals surface area (Å²) in [6, 6.07) is 6.47. The number of anilines is 1. The molecule has 1 aliphatic carbocycles. The average Bonchev–Trinajstić information content (AvgIpc) is 3.43. The van der Waals surface area contributed by atoms with E-state index in [4.69, 9.17) is 4.74 Å². The van der Waals surface area contributed by atoms with Crippen LogP contribution < -0.4 is 10.6 Å². The number of rotatable bonds is 5. The van der Waals surface area contributed by atoms with Crippen LogP contribution in [0, 0.1) is 11.8 Å². The van der Waals surface area contributed by atoms with Crippen LogP contribution in [0.25, 0.3) is 0 Å². The number of hydrogen-bond donors (Lipinski definition) is 2. The molecule has 0 aromatic heterocycles. The summed E-state index contributed by atoms with van der Waals surface area (Å²) in [4.78, 5) is 42.2. The normalized spacial score (nSPS) is 33.0. The van der Waals surface area contributed by atoms with E-state index in [9.17, 15) is 14.4 Å². The van der Waals surface area contributed by atoms with Gasteiger partial charge < -0.3 is 20.3 Å². The Morgan fingerprint density at radius 3 is 2.48 bits per heavy atom. The molecule has 5 atom stereocenters. The Balaban J connectivity index is 1.43. The molecule has 0 radical (unpaired) electrons. The van der Waals surface area contributed by atoms with E-state index in [0.717, 1.165) is 30.2 Å². The van der Waals surface area contributed by atoms with Gasteiger partial charge in [-0.1, -0.05) is 47.3 Å². The summed E-state index contributed by atoms with van der Waals surface area (Å²) in [5.41, 5.74) is -0.450. The SMILES string of the molecule is CC(C)N1C(=O)[C@H]2[C@H](C(=O)Nc3ccc(Br)cc3)[C@H]3C=C[C@@]2(O3)[C@@H]1C(=O)NC1CCCCC1. The first kappa shape index (κ1) is 22.6. The van der Waals surface area contributed by atoms with Crippen LogP contribution in [0.5, 0.6) is 0 Å². The lowest BCUT2D eigenvalue weighted by atomic mass is 9.74. The maximum Gasteiger partial charge on any atom is 0.246 e. The van der Waals surface area contributed by atoms with Gasteiger partial charge in [-0.2, -0.15) is 0 Å². The van der Waals surface area contributed by atoms with Crippen molar-refractivity contribution in [1.82, 2.24) is 10.2 Å². The summed E-state index contributed by atoms with van der Waals surface area (Å²) in [5, 5.41) is 6.13. The molecule has 0 unspecified atom stereocenters. The summed E-state index contributed by atoms with van der Waals surface area (Å²) in [6.45, 7) is 3.81. The number of benzene rings is 1. The van der Waals surface area contributed by atoms with E-state index < -0.39 is 29.6 Å². The maximum absolute atomic E-state index is 13.7. The van der Waals surface area contributed by atoms with E-state index in [1.54, 1.807) is 17.0 Å². The van der Waals surface area contributed by atoms with Crippen molar-refractivity contribution in [3.63, 3.8) is 0 Å². The largest absolute Gasteiger partial charge is 0.359 e. The quantitative estimate of drug-likeness (QED) is 0.588. The number of fused-ring (bicyclic) bond motifs is 1. The summed E-state index contributed by atoms with van der Waals surface area (Å²) in [7, 11) is 0. The average molecular weight is 516 g/mol. The third kappa shape index (κ3) is 3.71. The van der Waals surface area contributed by atoms with E-state index in [1.807, 2.05) is 38.1 Å². The number of amides is 3. The van der Waals surface area contributed by atoms with Crippen LogP contribution in [-0.4, -0.2) is 52.5 Å². The van der Waals surface area contributed by atoms with E-state index >= 15 is 0 Å². The third-order valence-electron chi connectivity index (χ3n) is 7.48.